The van der Waals surface area contributed by atoms with Gasteiger partial charge in [-0.2, -0.15) is 0 Å². The Balaban J connectivity index is 3.25. The lowest BCUT2D eigenvalue weighted by atomic mass is 10.4. The molecule has 0 amide bonds. The fraction of sp³-hybridized carbons (Fsp3) is 0. The molecule has 2 nitrogen and oxygen atoms in total. The molecule has 48 valence electrons. The van der Waals surface area contributed by atoms with Crippen LogP contribution < -0.4 is 5.73 Å². The van der Waals surface area contributed by atoms with Gasteiger partial charge in [0.05, 0.1) is 21.9 Å². The van der Waals surface area contributed by atoms with Gasteiger partial charge in [0.2, 0.25) is 0 Å². The minimum absolute atomic E-state index is 0.367. The summed E-state index contributed by atoms with van der Waals surface area (Å²) in [6.07, 6.45) is 2.90. The van der Waals surface area contributed by atoms with E-state index in [0.29, 0.717) is 15.7 Å². The second-order valence-electron chi connectivity index (χ2n) is 1.52. The van der Waals surface area contributed by atoms with E-state index in [9.17, 15) is 0 Å². The zero-order valence-electron chi connectivity index (χ0n) is 4.44. The fourth-order valence-electron chi connectivity index (χ4n) is 0.434. The molecule has 0 fully saturated rings. The van der Waals surface area contributed by atoms with Gasteiger partial charge in [-0.15, -0.1) is 0 Å². The van der Waals surface area contributed by atoms with Crippen LogP contribution in [0.15, 0.2) is 12.4 Å². The predicted octanol–water partition coefficient (Wildman–Crippen LogP) is 1.97. The highest BCUT2D eigenvalue weighted by molar-refractivity contribution is 6.43. The molecule has 9 heavy (non-hydrogen) atoms. The van der Waals surface area contributed by atoms with E-state index in [-0.39, 0.29) is 0 Å². The molecular formula is C5H4Cl2N2. The first kappa shape index (κ1) is 6.65. The molecule has 0 saturated heterocycles. The monoisotopic (exact) mass is 162 g/mol. The maximum Gasteiger partial charge on any atom is 0.0853 e. The molecule has 1 rings (SSSR count). The van der Waals surface area contributed by atoms with Crippen molar-refractivity contribution in [2.75, 3.05) is 5.73 Å². The van der Waals surface area contributed by atoms with Crippen LogP contribution in [-0.4, -0.2) is 4.98 Å². The molecule has 1 heterocycles. The number of hydrogen-bond donors (Lipinski definition) is 1. The van der Waals surface area contributed by atoms with Crippen LogP contribution in [0.1, 0.15) is 0 Å². The standard InChI is InChI=1S/C5H4Cl2N2/c6-3-1-9-2-4(8)5(3)7/h1-2H,8H2. The van der Waals surface area contributed by atoms with Crippen molar-refractivity contribution in [3.05, 3.63) is 22.4 Å². The van der Waals surface area contributed by atoms with E-state index in [4.69, 9.17) is 28.9 Å². The molecule has 0 saturated carbocycles. The summed E-state index contributed by atoms with van der Waals surface area (Å²) in [5.41, 5.74) is 5.75. The summed E-state index contributed by atoms with van der Waals surface area (Å²) in [5.74, 6) is 0. The Morgan fingerprint density at radius 2 is 2.00 bits per heavy atom. The van der Waals surface area contributed by atoms with Gasteiger partial charge in [0.25, 0.3) is 0 Å². The molecular weight excluding hydrogens is 159 g/mol. The van der Waals surface area contributed by atoms with E-state index < -0.39 is 0 Å². The third kappa shape index (κ3) is 1.26. The smallest absolute Gasteiger partial charge is 0.0853 e. The Labute approximate surface area is 62.6 Å². The highest BCUT2D eigenvalue weighted by Crippen LogP contribution is 2.25. The van der Waals surface area contributed by atoms with Gasteiger partial charge in [0.1, 0.15) is 0 Å². The maximum absolute atomic E-state index is 5.58. The number of pyridine rings is 1. The second-order valence-corrected chi connectivity index (χ2v) is 2.31. The minimum atomic E-state index is 0.367. The molecule has 0 aromatic carbocycles. The molecule has 4 heteroatoms. The van der Waals surface area contributed by atoms with Gasteiger partial charge in [0, 0.05) is 6.20 Å². The van der Waals surface area contributed by atoms with Crippen molar-refractivity contribution >= 4 is 28.9 Å². The van der Waals surface area contributed by atoms with E-state index >= 15 is 0 Å². The van der Waals surface area contributed by atoms with Gasteiger partial charge in [-0.25, -0.2) is 0 Å². The van der Waals surface area contributed by atoms with Gasteiger partial charge < -0.3 is 5.73 Å². The molecule has 1 aromatic heterocycles. The van der Waals surface area contributed by atoms with Crippen molar-refractivity contribution < 1.29 is 0 Å². The summed E-state index contributed by atoms with van der Waals surface area (Å²) in [5, 5.41) is 0.753. The largest absolute Gasteiger partial charge is 0.396 e. The molecule has 0 spiro atoms. The average Bonchev–Trinajstić information content (AvgIpc) is 1.83. The molecule has 0 aliphatic rings. The van der Waals surface area contributed by atoms with Crippen molar-refractivity contribution in [1.29, 1.82) is 0 Å². The molecule has 0 unspecified atom stereocenters. The summed E-state index contributed by atoms with van der Waals surface area (Å²) in [7, 11) is 0. The van der Waals surface area contributed by atoms with Gasteiger partial charge >= 0.3 is 0 Å². The zero-order valence-corrected chi connectivity index (χ0v) is 5.95. The van der Waals surface area contributed by atoms with Gasteiger partial charge in [-0.3, -0.25) is 4.98 Å². The molecule has 0 radical (unpaired) electrons. The van der Waals surface area contributed by atoms with E-state index in [0.717, 1.165) is 0 Å². The number of hydrogen-bond acceptors (Lipinski definition) is 2. The van der Waals surface area contributed by atoms with Gasteiger partial charge in [-0.05, 0) is 0 Å². The third-order valence-electron chi connectivity index (χ3n) is 0.865. The van der Waals surface area contributed by atoms with Crippen molar-refractivity contribution in [2.45, 2.75) is 0 Å². The highest BCUT2D eigenvalue weighted by atomic mass is 35.5. The third-order valence-corrected chi connectivity index (χ3v) is 1.67. The van der Waals surface area contributed by atoms with Crippen LogP contribution in [0.2, 0.25) is 10.0 Å². The summed E-state index contributed by atoms with van der Waals surface area (Å²) < 4.78 is 0. The molecule has 0 aliphatic carbocycles. The topological polar surface area (TPSA) is 38.9 Å². The Hall–Kier alpha value is -0.470. The van der Waals surface area contributed by atoms with Crippen LogP contribution in [0.25, 0.3) is 0 Å². The van der Waals surface area contributed by atoms with Crippen LogP contribution in [0.5, 0.6) is 0 Å². The lowest BCUT2D eigenvalue weighted by molar-refractivity contribution is 1.33. The molecule has 0 bridgehead atoms. The summed E-state index contributed by atoms with van der Waals surface area (Å²) in [4.78, 5) is 3.70. The number of halogens is 2. The average molecular weight is 163 g/mol. The first-order chi connectivity index (χ1) is 4.22. The van der Waals surface area contributed by atoms with Crippen molar-refractivity contribution in [3.8, 4) is 0 Å². The molecule has 0 aliphatic heterocycles. The summed E-state index contributed by atoms with van der Waals surface area (Å²) >= 11 is 11.1. The number of nitrogen functional groups attached to an aromatic ring is 1. The molecule has 1 aromatic rings. The summed E-state index contributed by atoms with van der Waals surface area (Å²) in [6.45, 7) is 0. The van der Waals surface area contributed by atoms with Crippen LogP contribution in [-0.2, 0) is 0 Å². The maximum atomic E-state index is 5.58. The first-order valence-electron chi connectivity index (χ1n) is 2.26. The summed E-state index contributed by atoms with van der Waals surface area (Å²) in [6, 6.07) is 0. The normalized spacial score (nSPS) is 9.56. The van der Waals surface area contributed by atoms with Crippen LogP contribution >= 0.6 is 23.2 Å². The van der Waals surface area contributed by atoms with Gasteiger partial charge in [-0.1, -0.05) is 23.2 Å². The van der Waals surface area contributed by atoms with Crippen LogP contribution in [0, 0.1) is 0 Å². The van der Waals surface area contributed by atoms with Crippen molar-refractivity contribution in [3.63, 3.8) is 0 Å². The fourth-order valence-corrected chi connectivity index (χ4v) is 0.697. The Kier molecular flexibility index (Phi) is 1.78. The molecule has 2 N–H and O–H groups in total. The predicted molar refractivity (Wildman–Crippen MR) is 38.7 cm³/mol. The van der Waals surface area contributed by atoms with Crippen molar-refractivity contribution in [2.24, 2.45) is 0 Å². The number of anilines is 1. The number of nitrogens with two attached hydrogens (primary N) is 1. The molecule has 0 atom stereocenters. The number of nitrogens with zero attached hydrogens (tertiary/aromatic N) is 1. The number of rotatable bonds is 0. The van der Waals surface area contributed by atoms with E-state index in [1.165, 1.54) is 12.4 Å². The van der Waals surface area contributed by atoms with Crippen molar-refractivity contribution in [1.82, 2.24) is 4.98 Å². The minimum Gasteiger partial charge on any atom is -0.396 e. The lowest BCUT2D eigenvalue weighted by Crippen LogP contribution is -1.86. The SMILES string of the molecule is Nc1cncc(Cl)c1Cl. The highest BCUT2D eigenvalue weighted by Gasteiger charge is 1.98. The Morgan fingerprint density at radius 1 is 1.33 bits per heavy atom. The van der Waals surface area contributed by atoms with Crippen LogP contribution in [0.4, 0.5) is 5.69 Å². The number of aromatic nitrogens is 1. The first-order valence-corrected chi connectivity index (χ1v) is 3.02. The van der Waals surface area contributed by atoms with Crippen LogP contribution in [0.3, 0.4) is 0 Å². The van der Waals surface area contributed by atoms with Gasteiger partial charge in [0.15, 0.2) is 0 Å². The Morgan fingerprint density at radius 3 is 2.44 bits per heavy atom. The van der Waals surface area contributed by atoms with E-state index in [1.54, 1.807) is 0 Å². The lowest BCUT2D eigenvalue weighted by Gasteiger charge is -1.95. The van der Waals surface area contributed by atoms with E-state index in [1.807, 2.05) is 0 Å². The van der Waals surface area contributed by atoms with E-state index in [2.05, 4.69) is 4.98 Å². The quantitative estimate of drug-likeness (QED) is 0.634. The Bertz CT molecular complexity index is 204. The second kappa shape index (κ2) is 2.42. The zero-order chi connectivity index (χ0) is 6.85.